The number of halogens is 1. The second-order valence-electron chi connectivity index (χ2n) is 5.33. The first-order chi connectivity index (χ1) is 9.99. The fraction of sp³-hybridized carbons (Fsp3) is 0.250. The third-order valence-corrected chi connectivity index (χ3v) is 5.57. The lowest BCUT2D eigenvalue weighted by Gasteiger charge is -2.24. The fourth-order valence-corrected chi connectivity index (χ4v) is 4.71. The molecule has 3 nitrogen and oxygen atoms in total. The van der Waals surface area contributed by atoms with Gasteiger partial charge in [-0.05, 0) is 31.0 Å². The summed E-state index contributed by atoms with van der Waals surface area (Å²) in [6, 6.07) is 13.3. The average Bonchev–Trinajstić information content (AvgIpc) is 2.77. The highest BCUT2D eigenvalue weighted by Gasteiger charge is 2.35. The van der Waals surface area contributed by atoms with Crippen molar-refractivity contribution in [2.75, 3.05) is 4.31 Å². The zero-order valence-corrected chi connectivity index (χ0v) is 12.5. The summed E-state index contributed by atoms with van der Waals surface area (Å²) in [4.78, 5) is 0. The molecule has 0 aliphatic carbocycles. The third kappa shape index (κ3) is 2.53. The highest BCUT2D eigenvalue weighted by molar-refractivity contribution is 7.92. The van der Waals surface area contributed by atoms with Crippen molar-refractivity contribution in [2.24, 2.45) is 0 Å². The molecule has 110 valence electrons. The first kappa shape index (κ1) is 14.1. The van der Waals surface area contributed by atoms with Gasteiger partial charge in [0, 0.05) is 11.6 Å². The maximum Gasteiger partial charge on any atom is 0.239 e. The van der Waals surface area contributed by atoms with Crippen molar-refractivity contribution in [3.05, 3.63) is 65.5 Å². The molecule has 21 heavy (non-hydrogen) atoms. The Labute approximate surface area is 124 Å². The van der Waals surface area contributed by atoms with Gasteiger partial charge >= 0.3 is 0 Å². The number of rotatable bonds is 3. The summed E-state index contributed by atoms with van der Waals surface area (Å²) in [7, 11) is -3.60. The maximum absolute atomic E-state index is 13.7. The van der Waals surface area contributed by atoms with E-state index in [-0.39, 0.29) is 17.4 Å². The number of hydrogen-bond acceptors (Lipinski definition) is 2. The number of benzene rings is 2. The van der Waals surface area contributed by atoms with Crippen molar-refractivity contribution in [1.29, 1.82) is 0 Å². The van der Waals surface area contributed by atoms with Crippen LogP contribution in [0.4, 0.5) is 10.1 Å². The maximum atomic E-state index is 13.7. The van der Waals surface area contributed by atoms with Gasteiger partial charge in [0.05, 0.1) is 11.4 Å². The molecule has 1 aliphatic heterocycles. The summed E-state index contributed by atoms with van der Waals surface area (Å²) in [5.41, 5.74) is 1.93. The van der Waals surface area contributed by atoms with E-state index >= 15 is 0 Å². The molecule has 0 aromatic heterocycles. The second-order valence-corrected chi connectivity index (χ2v) is 7.17. The van der Waals surface area contributed by atoms with Gasteiger partial charge in [-0.2, -0.15) is 0 Å². The van der Waals surface area contributed by atoms with Crippen molar-refractivity contribution >= 4 is 15.7 Å². The van der Waals surface area contributed by atoms with Gasteiger partial charge in [0.25, 0.3) is 0 Å². The molecule has 1 aliphatic rings. The highest BCUT2D eigenvalue weighted by Crippen LogP contribution is 2.35. The van der Waals surface area contributed by atoms with E-state index in [9.17, 15) is 12.8 Å². The van der Waals surface area contributed by atoms with Crippen LogP contribution >= 0.6 is 0 Å². The molecule has 0 saturated carbocycles. The van der Waals surface area contributed by atoms with E-state index in [1.165, 1.54) is 16.4 Å². The zero-order valence-electron chi connectivity index (χ0n) is 11.7. The van der Waals surface area contributed by atoms with E-state index in [1.807, 2.05) is 25.1 Å². The van der Waals surface area contributed by atoms with Crippen LogP contribution < -0.4 is 4.31 Å². The predicted octanol–water partition coefficient (Wildman–Crippen LogP) is 3.11. The monoisotopic (exact) mass is 305 g/mol. The van der Waals surface area contributed by atoms with Crippen LogP contribution in [0.3, 0.4) is 0 Å². The lowest BCUT2D eigenvalue weighted by atomic mass is 10.1. The largest absolute Gasteiger partial charge is 0.267 e. The van der Waals surface area contributed by atoms with Crippen LogP contribution in [0.1, 0.15) is 18.1 Å². The molecule has 0 N–H and O–H groups in total. The van der Waals surface area contributed by atoms with Crippen LogP contribution in [0.15, 0.2) is 48.5 Å². The summed E-state index contributed by atoms with van der Waals surface area (Å²) in [6.07, 6.45) is 0.687. The summed E-state index contributed by atoms with van der Waals surface area (Å²) in [6.45, 7) is 1.87. The van der Waals surface area contributed by atoms with Gasteiger partial charge in [0.2, 0.25) is 10.0 Å². The molecule has 2 aromatic carbocycles. The normalized spacial score (nSPS) is 17.8. The van der Waals surface area contributed by atoms with Crippen LogP contribution in [-0.4, -0.2) is 14.5 Å². The molecule has 0 saturated heterocycles. The summed E-state index contributed by atoms with van der Waals surface area (Å²) in [5, 5.41) is 0. The Bertz CT molecular complexity index is 773. The Balaban J connectivity index is 1.98. The Kier molecular flexibility index (Phi) is 3.45. The van der Waals surface area contributed by atoms with Crippen LogP contribution in [0, 0.1) is 5.82 Å². The quantitative estimate of drug-likeness (QED) is 0.874. The molecular weight excluding hydrogens is 289 g/mol. The second kappa shape index (κ2) is 5.15. The molecular formula is C16H16FNO2S. The Hall–Kier alpha value is -1.88. The molecule has 0 radical (unpaired) electrons. The van der Waals surface area contributed by atoms with Crippen LogP contribution in [-0.2, 0) is 22.2 Å². The van der Waals surface area contributed by atoms with Gasteiger partial charge in [0.15, 0.2) is 0 Å². The van der Waals surface area contributed by atoms with Gasteiger partial charge in [-0.25, -0.2) is 12.8 Å². The third-order valence-electron chi connectivity index (χ3n) is 3.74. The molecule has 5 heteroatoms. The van der Waals surface area contributed by atoms with E-state index in [4.69, 9.17) is 0 Å². The van der Waals surface area contributed by atoms with Crippen molar-refractivity contribution < 1.29 is 12.8 Å². The molecule has 0 unspecified atom stereocenters. The van der Waals surface area contributed by atoms with Crippen LogP contribution in [0.2, 0.25) is 0 Å². The first-order valence-electron chi connectivity index (χ1n) is 6.82. The van der Waals surface area contributed by atoms with Gasteiger partial charge in [-0.15, -0.1) is 0 Å². The van der Waals surface area contributed by atoms with Crippen molar-refractivity contribution in [2.45, 2.75) is 25.1 Å². The van der Waals surface area contributed by atoms with E-state index in [1.54, 1.807) is 18.2 Å². The molecule has 0 fully saturated rings. The Morgan fingerprint density at radius 3 is 2.57 bits per heavy atom. The molecule has 0 bridgehead atoms. The molecule has 2 aromatic rings. The van der Waals surface area contributed by atoms with E-state index < -0.39 is 15.8 Å². The molecule has 3 rings (SSSR count). The standard InChI is InChI=1S/C16H16FNO2S/c1-12-10-13-6-3-5-9-16(13)18(12)21(19,20)11-14-7-2-4-8-15(14)17/h2-9,12H,10-11H2,1H3/t12-/m0/s1. The summed E-state index contributed by atoms with van der Waals surface area (Å²) >= 11 is 0. The summed E-state index contributed by atoms with van der Waals surface area (Å²) < 4.78 is 40.5. The molecule has 1 atom stereocenters. The number of fused-ring (bicyclic) bond motifs is 1. The lowest BCUT2D eigenvalue weighted by Crippen LogP contribution is -2.36. The Morgan fingerprint density at radius 1 is 1.14 bits per heavy atom. The minimum Gasteiger partial charge on any atom is -0.267 e. The van der Waals surface area contributed by atoms with Crippen molar-refractivity contribution in [1.82, 2.24) is 0 Å². The molecule has 1 heterocycles. The number of nitrogens with zero attached hydrogens (tertiary/aromatic N) is 1. The number of hydrogen-bond donors (Lipinski definition) is 0. The average molecular weight is 305 g/mol. The van der Waals surface area contributed by atoms with Crippen LogP contribution in [0.5, 0.6) is 0 Å². The number of anilines is 1. The van der Waals surface area contributed by atoms with Crippen molar-refractivity contribution in [3.63, 3.8) is 0 Å². The van der Waals surface area contributed by atoms with E-state index in [0.717, 1.165) is 5.56 Å². The van der Waals surface area contributed by atoms with Gasteiger partial charge in [0.1, 0.15) is 5.82 Å². The van der Waals surface area contributed by atoms with E-state index in [0.29, 0.717) is 12.1 Å². The highest BCUT2D eigenvalue weighted by atomic mass is 32.2. The first-order valence-corrected chi connectivity index (χ1v) is 8.43. The zero-order chi connectivity index (χ0) is 15.0. The minimum absolute atomic E-state index is 0.140. The Morgan fingerprint density at radius 2 is 1.81 bits per heavy atom. The minimum atomic E-state index is -3.60. The lowest BCUT2D eigenvalue weighted by molar-refractivity contribution is 0.577. The van der Waals surface area contributed by atoms with Gasteiger partial charge in [-0.3, -0.25) is 4.31 Å². The smallest absolute Gasteiger partial charge is 0.239 e. The predicted molar refractivity (Wildman–Crippen MR) is 81.1 cm³/mol. The fourth-order valence-electron chi connectivity index (χ4n) is 2.84. The van der Waals surface area contributed by atoms with E-state index in [2.05, 4.69) is 0 Å². The van der Waals surface area contributed by atoms with Gasteiger partial charge < -0.3 is 0 Å². The summed E-state index contributed by atoms with van der Waals surface area (Å²) in [5.74, 6) is -0.806. The molecule has 0 spiro atoms. The topological polar surface area (TPSA) is 37.4 Å². The number of para-hydroxylation sites is 1. The van der Waals surface area contributed by atoms with Gasteiger partial charge in [-0.1, -0.05) is 36.4 Å². The number of sulfonamides is 1. The SMILES string of the molecule is C[C@H]1Cc2ccccc2N1S(=O)(=O)Cc1ccccc1F. The van der Waals surface area contributed by atoms with Crippen molar-refractivity contribution in [3.8, 4) is 0 Å². The molecule has 0 amide bonds. The van der Waals surface area contributed by atoms with Crippen LogP contribution in [0.25, 0.3) is 0 Å².